The molecule has 7 nitrogen and oxygen atoms in total. The molecule has 0 unspecified atom stereocenters. The van der Waals surface area contributed by atoms with Gasteiger partial charge in [-0.15, -0.1) is 0 Å². The summed E-state index contributed by atoms with van der Waals surface area (Å²) in [5.74, 6) is 1.46. The van der Waals surface area contributed by atoms with Gasteiger partial charge in [-0.2, -0.15) is 0 Å². The van der Waals surface area contributed by atoms with Crippen LogP contribution in [-0.4, -0.2) is 38.7 Å². The maximum Gasteiger partial charge on any atom is 0.265 e. The summed E-state index contributed by atoms with van der Waals surface area (Å²) in [6.07, 6.45) is 1.88. The number of ether oxygens (including phenoxy) is 3. The van der Waals surface area contributed by atoms with Gasteiger partial charge < -0.3 is 24.4 Å². The van der Waals surface area contributed by atoms with Gasteiger partial charge in [-0.05, 0) is 36.8 Å². The number of fused-ring (bicyclic) bond motifs is 1. The predicted octanol–water partition coefficient (Wildman–Crippen LogP) is 3.24. The van der Waals surface area contributed by atoms with E-state index in [2.05, 4.69) is 12.2 Å². The summed E-state index contributed by atoms with van der Waals surface area (Å²) in [5, 5.41) is 2.79. The summed E-state index contributed by atoms with van der Waals surface area (Å²) in [5.41, 5.74) is 1.26. The van der Waals surface area contributed by atoms with E-state index in [4.69, 9.17) is 14.2 Å². The Bertz CT molecular complexity index is 852. The third kappa shape index (κ3) is 4.73. The zero-order valence-corrected chi connectivity index (χ0v) is 16.1. The highest BCUT2D eigenvalue weighted by Crippen LogP contribution is 2.34. The van der Waals surface area contributed by atoms with Crippen LogP contribution in [0.2, 0.25) is 0 Å². The van der Waals surface area contributed by atoms with Gasteiger partial charge in [0.25, 0.3) is 11.8 Å². The lowest BCUT2D eigenvalue weighted by molar-refractivity contribution is -0.121. The van der Waals surface area contributed by atoms with Gasteiger partial charge in [0.05, 0.1) is 12.8 Å². The fourth-order valence-corrected chi connectivity index (χ4v) is 2.88. The van der Waals surface area contributed by atoms with Crippen molar-refractivity contribution in [3.8, 4) is 17.2 Å². The number of hydrogen-bond donors (Lipinski definition) is 1. The molecule has 0 saturated carbocycles. The second kappa shape index (κ2) is 9.12. The monoisotopic (exact) mass is 384 g/mol. The van der Waals surface area contributed by atoms with Crippen LogP contribution in [0.3, 0.4) is 0 Å². The minimum atomic E-state index is -0.300. The summed E-state index contributed by atoms with van der Waals surface area (Å²) in [6.45, 7) is 2.60. The standard InChI is InChI=1S/C21H24N2O5/c1-3-4-10-23-18-11-15(8-9-19(18)28-14-21(23)25)22-20(24)13-27-17-7-5-6-16(12-17)26-2/h5-9,11-12H,3-4,10,13-14H2,1-2H3,(H,22,24). The smallest absolute Gasteiger partial charge is 0.265 e. The maximum atomic E-state index is 12.2. The van der Waals surface area contributed by atoms with Gasteiger partial charge in [-0.1, -0.05) is 19.4 Å². The minimum Gasteiger partial charge on any atom is -0.497 e. The molecule has 0 bridgehead atoms. The first kappa shape index (κ1) is 19.5. The summed E-state index contributed by atoms with van der Waals surface area (Å²) in [6, 6.07) is 12.3. The van der Waals surface area contributed by atoms with E-state index in [1.807, 2.05) is 0 Å². The maximum absolute atomic E-state index is 12.2. The molecule has 0 atom stereocenters. The molecule has 1 N–H and O–H groups in total. The molecule has 0 fully saturated rings. The van der Waals surface area contributed by atoms with Crippen LogP contribution in [0.25, 0.3) is 0 Å². The number of carbonyl (C=O) groups excluding carboxylic acids is 2. The number of benzene rings is 2. The van der Waals surface area contributed by atoms with Crippen LogP contribution >= 0.6 is 0 Å². The van der Waals surface area contributed by atoms with Gasteiger partial charge in [0.15, 0.2) is 13.2 Å². The Hall–Kier alpha value is -3.22. The Kier molecular flexibility index (Phi) is 6.37. The third-order valence-electron chi connectivity index (χ3n) is 4.33. The lowest BCUT2D eigenvalue weighted by atomic mass is 10.2. The van der Waals surface area contributed by atoms with Crippen molar-refractivity contribution in [1.82, 2.24) is 0 Å². The van der Waals surface area contributed by atoms with E-state index in [0.29, 0.717) is 35.2 Å². The molecule has 1 aliphatic rings. The van der Waals surface area contributed by atoms with Crippen molar-refractivity contribution < 1.29 is 23.8 Å². The van der Waals surface area contributed by atoms with Gasteiger partial charge in [-0.25, -0.2) is 0 Å². The van der Waals surface area contributed by atoms with E-state index < -0.39 is 0 Å². The molecular formula is C21H24N2O5. The molecule has 0 saturated heterocycles. The third-order valence-corrected chi connectivity index (χ3v) is 4.33. The first-order valence-electron chi connectivity index (χ1n) is 9.24. The fourth-order valence-electron chi connectivity index (χ4n) is 2.88. The van der Waals surface area contributed by atoms with Crippen molar-refractivity contribution >= 4 is 23.2 Å². The van der Waals surface area contributed by atoms with Crippen LogP contribution in [-0.2, 0) is 9.59 Å². The number of methoxy groups -OCH3 is 1. The minimum absolute atomic E-state index is 0.0385. The highest BCUT2D eigenvalue weighted by Gasteiger charge is 2.25. The topological polar surface area (TPSA) is 77.1 Å². The molecule has 0 aliphatic carbocycles. The summed E-state index contributed by atoms with van der Waals surface area (Å²) < 4.78 is 16.1. The zero-order valence-electron chi connectivity index (χ0n) is 16.1. The van der Waals surface area contributed by atoms with Crippen LogP contribution in [0.5, 0.6) is 17.2 Å². The second-order valence-electron chi connectivity index (χ2n) is 6.39. The molecule has 1 heterocycles. The Balaban J connectivity index is 1.64. The van der Waals surface area contributed by atoms with E-state index in [1.54, 1.807) is 54.5 Å². The summed E-state index contributed by atoms with van der Waals surface area (Å²) in [4.78, 5) is 26.2. The first-order chi connectivity index (χ1) is 13.6. The van der Waals surface area contributed by atoms with Crippen molar-refractivity contribution in [2.24, 2.45) is 0 Å². The first-order valence-corrected chi connectivity index (χ1v) is 9.24. The van der Waals surface area contributed by atoms with Crippen molar-refractivity contribution in [1.29, 1.82) is 0 Å². The SMILES string of the molecule is CCCCN1C(=O)COc2ccc(NC(=O)COc3cccc(OC)c3)cc21. The quantitative estimate of drug-likeness (QED) is 0.756. The predicted molar refractivity (Wildman–Crippen MR) is 106 cm³/mol. The Labute approximate surface area is 164 Å². The number of hydrogen-bond acceptors (Lipinski definition) is 5. The molecule has 0 radical (unpaired) electrons. The van der Waals surface area contributed by atoms with E-state index in [1.165, 1.54) is 0 Å². The van der Waals surface area contributed by atoms with Crippen LogP contribution < -0.4 is 24.4 Å². The Morgan fingerprint density at radius 1 is 1.21 bits per heavy atom. The molecule has 0 aromatic heterocycles. The van der Waals surface area contributed by atoms with Gasteiger partial charge in [0.2, 0.25) is 0 Å². The number of anilines is 2. The highest BCUT2D eigenvalue weighted by molar-refractivity contribution is 5.99. The molecule has 3 rings (SSSR count). The molecule has 2 amide bonds. The van der Waals surface area contributed by atoms with E-state index in [9.17, 15) is 9.59 Å². The lowest BCUT2D eigenvalue weighted by Crippen LogP contribution is -2.39. The molecular weight excluding hydrogens is 360 g/mol. The number of nitrogens with zero attached hydrogens (tertiary/aromatic N) is 1. The van der Waals surface area contributed by atoms with E-state index >= 15 is 0 Å². The lowest BCUT2D eigenvalue weighted by Gasteiger charge is -2.29. The van der Waals surface area contributed by atoms with Crippen LogP contribution in [0.4, 0.5) is 11.4 Å². The Morgan fingerprint density at radius 3 is 2.82 bits per heavy atom. The fraction of sp³-hybridized carbons (Fsp3) is 0.333. The Morgan fingerprint density at radius 2 is 2.04 bits per heavy atom. The number of nitrogens with one attached hydrogen (secondary N) is 1. The van der Waals surface area contributed by atoms with Crippen LogP contribution in [0, 0.1) is 0 Å². The van der Waals surface area contributed by atoms with E-state index in [0.717, 1.165) is 12.8 Å². The number of carbonyl (C=O) groups is 2. The average Bonchev–Trinajstić information content (AvgIpc) is 2.72. The molecule has 148 valence electrons. The van der Waals surface area contributed by atoms with Gasteiger partial charge >= 0.3 is 0 Å². The second-order valence-corrected chi connectivity index (χ2v) is 6.39. The summed E-state index contributed by atoms with van der Waals surface area (Å²) in [7, 11) is 1.57. The van der Waals surface area contributed by atoms with Crippen LogP contribution in [0.15, 0.2) is 42.5 Å². The van der Waals surface area contributed by atoms with Crippen LogP contribution in [0.1, 0.15) is 19.8 Å². The highest BCUT2D eigenvalue weighted by atomic mass is 16.5. The van der Waals surface area contributed by atoms with Crippen molar-refractivity contribution in [2.75, 3.05) is 37.1 Å². The zero-order chi connectivity index (χ0) is 19.9. The molecule has 2 aromatic rings. The van der Waals surface area contributed by atoms with E-state index in [-0.39, 0.29) is 25.0 Å². The number of unbranched alkanes of at least 4 members (excludes halogenated alkanes) is 1. The van der Waals surface area contributed by atoms with Crippen molar-refractivity contribution in [3.63, 3.8) is 0 Å². The van der Waals surface area contributed by atoms with Crippen molar-refractivity contribution in [3.05, 3.63) is 42.5 Å². The van der Waals surface area contributed by atoms with Crippen molar-refractivity contribution in [2.45, 2.75) is 19.8 Å². The van der Waals surface area contributed by atoms with Gasteiger partial charge in [-0.3, -0.25) is 9.59 Å². The number of rotatable bonds is 8. The molecule has 7 heteroatoms. The van der Waals surface area contributed by atoms with Gasteiger partial charge in [0, 0.05) is 18.3 Å². The molecule has 28 heavy (non-hydrogen) atoms. The van der Waals surface area contributed by atoms with Gasteiger partial charge in [0.1, 0.15) is 17.2 Å². The average molecular weight is 384 g/mol. The molecule has 1 aliphatic heterocycles. The summed E-state index contributed by atoms with van der Waals surface area (Å²) >= 11 is 0. The number of amides is 2. The molecule has 0 spiro atoms. The largest absolute Gasteiger partial charge is 0.497 e. The normalized spacial score (nSPS) is 12.8. The molecule has 2 aromatic carbocycles.